The van der Waals surface area contributed by atoms with Crippen molar-refractivity contribution in [2.24, 2.45) is 0 Å². The van der Waals surface area contributed by atoms with Crippen molar-refractivity contribution in [1.82, 2.24) is 9.97 Å². The Balaban J connectivity index is 0.000000236. The van der Waals surface area contributed by atoms with Gasteiger partial charge in [-0.2, -0.15) is 0 Å². The molecule has 0 N–H and O–H groups in total. The Morgan fingerprint density at radius 3 is 1.37 bits per heavy atom. The van der Waals surface area contributed by atoms with Gasteiger partial charge in [0.25, 0.3) is 0 Å². The molecule has 2 aromatic heterocycles. The van der Waals surface area contributed by atoms with Gasteiger partial charge in [0.05, 0.1) is 26.1 Å². The van der Waals surface area contributed by atoms with Gasteiger partial charge in [-0.3, -0.25) is 0 Å². The first kappa shape index (κ1) is 33.0. The Hall–Kier alpha value is -4.54. The van der Waals surface area contributed by atoms with Gasteiger partial charge in [0.15, 0.2) is 0 Å². The number of hydrogen-bond acceptors (Lipinski definition) is 4. The predicted molar refractivity (Wildman–Crippen MR) is 177 cm³/mol. The smallest absolute Gasteiger partial charge is 0.137 e. The minimum atomic E-state index is 0.650. The Kier molecular flexibility index (Phi) is 15.0. The van der Waals surface area contributed by atoms with Crippen LogP contribution in [0.3, 0.4) is 0 Å². The van der Waals surface area contributed by atoms with E-state index in [2.05, 4.69) is 96.0 Å². The number of hydrogen-bond donors (Lipinski definition) is 0. The van der Waals surface area contributed by atoms with E-state index in [4.69, 9.17) is 9.47 Å². The Morgan fingerprint density at radius 2 is 1.00 bits per heavy atom. The van der Waals surface area contributed by atoms with Crippen molar-refractivity contribution in [2.45, 2.75) is 72.1 Å². The number of aromatic nitrogens is 2. The van der Waals surface area contributed by atoms with Crippen LogP contribution >= 0.6 is 0 Å². The summed E-state index contributed by atoms with van der Waals surface area (Å²) >= 11 is 0. The fourth-order valence-electron chi connectivity index (χ4n) is 4.22. The lowest BCUT2D eigenvalue weighted by atomic mass is 10.1. The summed E-state index contributed by atoms with van der Waals surface area (Å²) in [5, 5.41) is 0. The Bertz CT molecular complexity index is 1450. The van der Waals surface area contributed by atoms with Crippen LogP contribution in [0.4, 0.5) is 0 Å². The van der Waals surface area contributed by atoms with Crippen molar-refractivity contribution >= 4 is 0 Å². The number of rotatable bonds is 11. The number of ether oxygens (including phenoxy) is 2. The summed E-state index contributed by atoms with van der Waals surface area (Å²) in [4.78, 5) is 8.51. The first-order valence-corrected chi connectivity index (χ1v) is 15.4. The van der Waals surface area contributed by atoms with Gasteiger partial charge in [0, 0.05) is 11.1 Å². The largest absolute Gasteiger partial charge is 0.495 e. The molecule has 4 aromatic rings. The van der Waals surface area contributed by atoms with Crippen molar-refractivity contribution in [2.75, 3.05) is 13.7 Å². The number of unbranched alkanes of at least 4 members (excludes halogenated alkanes) is 4. The zero-order chi connectivity index (χ0) is 30.5. The molecule has 4 nitrogen and oxygen atoms in total. The molecule has 0 aliphatic heterocycles. The third kappa shape index (κ3) is 12.9. The van der Waals surface area contributed by atoms with Gasteiger partial charge in [-0.1, -0.05) is 75.6 Å². The van der Waals surface area contributed by atoms with Crippen LogP contribution in [-0.4, -0.2) is 23.7 Å². The molecule has 4 heteroatoms. The first-order valence-electron chi connectivity index (χ1n) is 15.4. The zero-order valence-electron chi connectivity index (χ0n) is 26.2. The molecule has 2 heterocycles. The second-order valence-electron chi connectivity index (χ2n) is 10.2. The van der Waals surface area contributed by atoms with Crippen molar-refractivity contribution in [3.8, 4) is 35.2 Å². The second kappa shape index (κ2) is 19.6. The van der Waals surface area contributed by atoms with Crippen LogP contribution in [0.15, 0.2) is 85.2 Å². The van der Waals surface area contributed by atoms with E-state index in [1.165, 1.54) is 49.7 Å². The summed E-state index contributed by atoms with van der Waals surface area (Å²) < 4.78 is 10.4. The zero-order valence-corrected chi connectivity index (χ0v) is 26.2. The van der Waals surface area contributed by atoms with Gasteiger partial charge in [-0.05, 0) is 104 Å². The van der Waals surface area contributed by atoms with Crippen LogP contribution in [0.2, 0.25) is 0 Å². The summed E-state index contributed by atoms with van der Waals surface area (Å²) in [5.41, 5.74) is 6.33. The highest BCUT2D eigenvalue weighted by Crippen LogP contribution is 2.11. The summed E-state index contributed by atoms with van der Waals surface area (Å²) in [6.07, 6.45) is 13.3. The van der Waals surface area contributed by atoms with Crippen LogP contribution in [0.5, 0.6) is 11.5 Å². The molecule has 0 spiro atoms. The molecule has 0 aliphatic carbocycles. The molecule has 4 rings (SSSR count). The van der Waals surface area contributed by atoms with Crippen LogP contribution < -0.4 is 9.47 Å². The van der Waals surface area contributed by atoms with E-state index in [1.54, 1.807) is 19.5 Å². The third-order valence-electron chi connectivity index (χ3n) is 6.74. The summed E-state index contributed by atoms with van der Waals surface area (Å²) in [6, 6.07) is 24.5. The van der Waals surface area contributed by atoms with Gasteiger partial charge >= 0.3 is 0 Å². The molecule has 43 heavy (non-hydrogen) atoms. The van der Waals surface area contributed by atoms with E-state index in [0.29, 0.717) is 6.61 Å². The van der Waals surface area contributed by atoms with Crippen LogP contribution in [-0.2, 0) is 12.8 Å². The fourth-order valence-corrected chi connectivity index (χ4v) is 4.22. The Morgan fingerprint density at radius 1 is 0.535 bits per heavy atom. The van der Waals surface area contributed by atoms with Gasteiger partial charge in [0.2, 0.25) is 0 Å². The molecule has 0 radical (unpaired) electrons. The lowest BCUT2D eigenvalue weighted by Crippen LogP contribution is -1.92. The van der Waals surface area contributed by atoms with Gasteiger partial charge in [0.1, 0.15) is 22.9 Å². The molecule has 0 amide bonds. The van der Waals surface area contributed by atoms with E-state index >= 15 is 0 Å². The highest BCUT2D eigenvalue weighted by Gasteiger charge is 1.96. The van der Waals surface area contributed by atoms with Gasteiger partial charge < -0.3 is 9.47 Å². The molecule has 0 aliphatic rings. The fraction of sp³-hybridized carbons (Fsp3) is 0.333. The molecule has 0 atom stereocenters. The molecular formula is C39H44N2O2. The maximum Gasteiger partial charge on any atom is 0.137 e. The van der Waals surface area contributed by atoms with Gasteiger partial charge in [-0.15, -0.1) is 0 Å². The van der Waals surface area contributed by atoms with Crippen LogP contribution in [0.25, 0.3) is 0 Å². The monoisotopic (exact) mass is 572 g/mol. The Labute approximate surface area is 258 Å². The summed E-state index contributed by atoms with van der Waals surface area (Å²) in [7, 11) is 1.63. The van der Waals surface area contributed by atoms with E-state index in [-0.39, 0.29) is 0 Å². The summed E-state index contributed by atoms with van der Waals surface area (Å²) in [6.45, 7) is 7.07. The molecule has 222 valence electrons. The molecular weight excluding hydrogens is 528 g/mol. The van der Waals surface area contributed by atoms with Gasteiger partial charge in [-0.25, -0.2) is 9.97 Å². The average Bonchev–Trinajstić information content (AvgIpc) is 3.05. The highest BCUT2D eigenvalue weighted by atomic mass is 16.5. The average molecular weight is 573 g/mol. The molecule has 0 fully saturated rings. The van der Waals surface area contributed by atoms with Crippen molar-refractivity contribution in [3.63, 3.8) is 0 Å². The normalized spacial score (nSPS) is 9.86. The van der Waals surface area contributed by atoms with E-state index in [9.17, 15) is 0 Å². The highest BCUT2D eigenvalue weighted by molar-refractivity contribution is 5.43. The molecule has 0 saturated carbocycles. The minimum Gasteiger partial charge on any atom is -0.495 e. The van der Waals surface area contributed by atoms with Crippen molar-refractivity contribution < 1.29 is 9.47 Å². The first-order chi connectivity index (χ1) is 21.1. The topological polar surface area (TPSA) is 44.2 Å². The summed E-state index contributed by atoms with van der Waals surface area (Å²) in [5.74, 6) is 14.0. The SMILES string of the molecule is CCCCCc1ccc(C#Cc2ccc(OC)cn2)cc1.CCCCCc1ccc(C#Cc2ccc(OCC)cn2)cc1. The van der Waals surface area contributed by atoms with E-state index in [1.807, 2.05) is 31.2 Å². The molecule has 0 saturated heterocycles. The van der Waals surface area contributed by atoms with E-state index in [0.717, 1.165) is 46.9 Å². The number of benzene rings is 2. The molecule has 0 bridgehead atoms. The second-order valence-corrected chi connectivity index (χ2v) is 10.2. The van der Waals surface area contributed by atoms with Crippen molar-refractivity contribution in [3.05, 3.63) is 119 Å². The number of pyridine rings is 2. The van der Waals surface area contributed by atoms with E-state index < -0.39 is 0 Å². The van der Waals surface area contributed by atoms with Crippen LogP contribution in [0, 0.1) is 23.7 Å². The lowest BCUT2D eigenvalue weighted by molar-refractivity contribution is 0.339. The van der Waals surface area contributed by atoms with Crippen LogP contribution in [0.1, 0.15) is 92.9 Å². The maximum atomic E-state index is 5.37. The standard InChI is InChI=1S/C20H23NO.C19H21NO/c1-3-5-6-7-17-8-10-18(11-9-17)12-13-19-14-15-20(16-21-19)22-4-2;1-3-4-5-6-16-7-9-17(10-8-16)11-12-18-13-14-19(21-2)15-20-18/h8-11,14-16H,3-7H2,1-2H3;7-10,13-15H,3-6H2,1-2H3. The van der Waals surface area contributed by atoms with Crippen molar-refractivity contribution in [1.29, 1.82) is 0 Å². The number of methoxy groups -OCH3 is 1. The predicted octanol–water partition coefficient (Wildman–Crippen LogP) is 8.84. The lowest BCUT2D eigenvalue weighted by Gasteiger charge is -2.01. The maximum absolute atomic E-state index is 5.37. The molecule has 0 unspecified atom stereocenters. The molecule has 2 aromatic carbocycles. The number of aryl methyl sites for hydroxylation is 2. The minimum absolute atomic E-state index is 0.650. The quantitative estimate of drug-likeness (QED) is 0.133. The third-order valence-corrected chi connectivity index (χ3v) is 6.74. The number of nitrogens with zero attached hydrogens (tertiary/aromatic N) is 2.